The van der Waals surface area contributed by atoms with Crippen LogP contribution in [0.5, 0.6) is 0 Å². The molecule has 1 aliphatic heterocycles. The van der Waals surface area contributed by atoms with Crippen molar-refractivity contribution in [3.05, 3.63) is 0 Å². The molecule has 104 valence electrons. The summed E-state index contributed by atoms with van der Waals surface area (Å²) in [6.07, 6.45) is 2.79. The zero-order valence-electron chi connectivity index (χ0n) is 11.7. The van der Waals surface area contributed by atoms with Crippen molar-refractivity contribution in [3.8, 4) is 0 Å². The van der Waals surface area contributed by atoms with Crippen LogP contribution in [0, 0.1) is 5.92 Å². The second-order valence-corrected chi connectivity index (χ2v) is 4.49. The number of ether oxygens (including phenoxy) is 1. The van der Waals surface area contributed by atoms with E-state index in [0.717, 1.165) is 44.9 Å². The van der Waals surface area contributed by atoms with Crippen LogP contribution in [0.4, 0.5) is 0 Å². The van der Waals surface area contributed by atoms with Gasteiger partial charge in [0.05, 0.1) is 12.5 Å². The van der Waals surface area contributed by atoms with E-state index in [2.05, 4.69) is 22.1 Å². The number of esters is 1. The SMILES string of the molecule is CCCNC(=NC)N1CCC(C(=O)OCC)CC1. The van der Waals surface area contributed by atoms with Crippen LogP contribution in [-0.2, 0) is 9.53 Å². The van der Waals surface area contributed by atoms with Crippen molar-refractivity contribution in [2.45, 2.75) is 33.1 Å². The van der Waals surface area contributed by atoms with Gasteiger partial charge in [-0.3, -0.25) is 9.79 Å². The molecule has 1 N–H and O–H groups in total. The first-order chi connectivity index (χ1) is 8.72. The van der Waals surface area contributed by atoms with E-state index in [0.29, 0.717) is 6.61 Å². The number of hydrogen-bond acceptors (Lipinski definition) is 3. The number of carbonyl (C=O) groups is 1. The van der Waals surface area contributed by atoms with Crippen LogP contribution in [0.1, 0.15) is 33.1 Å². The van der Waals surface area contributed by atoms with Crippen LogP contribution in [0.3, 0.4) is 0 Å². The normalized spacial score (nSPS) is 17.7. The van der Waals surface area contributed by atoms with Gasteiger partial charge >= 0.3 is 5.97 Å². The van der Waals surface area contributed by atoms with Gasteiger partial charge in [0.1, 0.15) is 0 Å². The van der Waals surface area contributed by atoms with Crippen molar-refractivity contribution in [1.29, 1.82) is 0 Å². The molecular weight excluding hydrogens is 230 g/mol. The highest BCUT2D eigenvalue weighted by Gasteiger charge is 2.27. The molecule has 0 amide bonds. The molecule has 1 heterocycles. The molecular formula is C13H25N3O2. The summed E-state index contributed by atoms with van der Waals surface area (Å²) in [5, 5.41) is 3.32. The Morgan fingerprint density at radius 2 is 2.06 bits per heavy atom. The fourth-order valence-corrected chi connectivity index (χ4v) is 2.16. The van der Waals surface area contributed by atoms with Crippen molar-refractivity contribution < 1.29 is 9.53 Å². The molecule has 0 aromatic rings. The van der Waals surface area contributed by atoms with E-state index >= 15 is 0 Å². The van der Waals surface area contributed by atoms with Gasteiger partial charge < -0.3 is 15.0 Å². The first-order valence-electron chi connectivity index (χ1n) is 6.85. The van der Waals surface area contributed by atoms with E-state index in [-0.39, 0.29) is 11.9 Å². The third-order valence-electron chi connectivity index (χ3n) is 3.16. The standard InChI is InChI=1S/C13H25N3O2/c1-4-8-15-13(14-3)16-9-6-11(7-10-16)12(17)18-5-2/h11H,4-10H2,1-3H3,(H,14,15). The maximum Gasteiger partial charge on any atom is 0.309 e. The van der Waals surface area contributed by atoms with Crippen LogP contribution in [0.2, 0.25) is 0 Å². The number of hydrogen-bond donors (Lipinski definition) is 1. The summed E-state index contributed by atoms with van der Waals surface area (Å²) in [4.78, 5) is 18.1. The number of guanidine groups is 1. The summed E-state index contributed by atoms with van der Waals surface area (Å²) in [5.74, 6) is 0.957. The first kappa shape index (κ1) is 14.8. The van der Waals surface area contributed by atoms with Gasteiger partial charge in [0.15, 0.2) is 5.96 Å². The summed E-state index contributed by atoms with van der Waals surface area (Å²) in [5.41, 5.74) is 0. The molecule has 0 radical (unpaired) electrons. The van der Waals surface area contributed by atoms with Crippen LogP contribution in [0.25, 0.3) is 0 Å². The second kappa shape index (κ2) is 7.95. The molecule has 18 heavy (non-hydrogen) atoms. The van der Waals surface area contributed by atoms with Crippen molar-refractivity contribution in [1.82, 2.24) is 10.2 Å². The Morgan fingerprint density at radius 3 is 2.56 bits per heavy atom. The largest absolute Gasteiger partial charge is 0.466 e. The summed E-state index contributed by atoms with van der Waals surface area (Å²) < 4.78 is 5.06. The van der Waals surface area contributed by atoms with Crippen molar-refractivity contribution in [3.63, 3.8) is 0 Å². The lowest BCUT2D eigenvalue weighted by Gasteiger charge is -2.33. The fourth-order valence-electron chi connectivity index (χ4n) is 2.16. The summed E-state index contributed by atoms with van der Waals surface area (Å²) in [6, 6.07) is 0. The second-order valence-electron chi connectivity index (χ2n) is 4.49. The van der Waals surface area contributed by atoms with E-state index in [4.69, 9.17) is 4.74 Å². The number of likely N-dealkylation sites (tertiary alicyclic amines) is 1. The highest BCUT2D eigenvalue weighted by atomic mass is 16.5. The predicted octanol–water partition coefficient (Wildman–Crippen LogP) is 1.25. The molecule has 1 fully saturated rings. The molecule has 0 saturated carbocycles. The molecule has 1 rings (SSSR count). The first-order valence-corrected chi connectivity index (χ1v) is 6.85. The molecule has 0 aromatic heterocycles. The molecule has 1 aliphatic rings. The Hall–Kier alpha value is -1.26. The Balaban J connectivity index is 2.40. The minimum absolute atomic E-state index is 0.0475. The monoisotopic (exact) mass is 255 g/mol. The summed E-state index contributed by atoms with van der Waals surface area (Å²) in [6.45, 7) is 7.12. The molecule has 0 spiro atoms. The number of rotatable bonds is 4. The molecule has 0 atom stereocenters. The maximum absolute atomic E-state index is 11.6. The Morgan fingerprint density at radius 1 is 1.39 bits per heavy atom. The van der Waals surface area contributed by atoms with Gasteiger partial charge in [-0.1, -0.05) is 6.92 Å². The highest BCUT2D eigenvalue weighted by Crippen LogP contribution is 2.18. The summed E-state index contributed by atoms with van der Waals surface area (Å²) in [7, 11) is 1.80. The van der Waals surface area contributed by atoms with Crippen LogP contribution in [-0.4, -0.2) is 50.1 Å². The van der Waals surface area contributed by atoms with E-state index in [1.165, 1.54) is 0 Å². The fraction of sp³-hybridized carbons (Fsp3) is 0.846. The van der Waals surface area contributed by atoms with Crippen molar-refractivity contribution >= 4 is 11.9 Å². The number of nitrogens with one attached hydrogen (secondary N) is 1. The minimum Gasteiger partial charge on any atom is -0.466 e. The zero-order valence-corrected chi connectivity index (χ0v) is 11.7. The maximum atomic E-state index is 11.6. The van der Waals surface area contributed by atoms with Crippen LogP contribution >= 0.6 is 0 Å². The Labute approximate surface area is 110 Å². The molecule has 1 saturated heterocycles. The predicted molar refractivity (Wildman–Crippen MR) is 72.6 cm³/mol. The van der Waals surface area contributed by atoms with Gasteiger partial charge in [0.2, 0.25) is 0 Å². The number of nitrogens with zero attached hydrogens (tertiary/aromatic N) is 2. The van der Waals surface area contributed by atoms with Crippen LogP contribution in [0.15, 0.2) is 4.99 Å². The molecule has 0 aromatic carbocycles. The van der Waals surface area contributed by atoms with Crippen molar-refractivity contribution in [2.75, 3.05) is 33.3 Å². The Bertz CT molecular complexity index is 284. The van der Waals surface area contributed by atoms with Gasteiger partial charge in [0.25, 0.3) is 0 Å². The lowest BCUT2D eigenvalue weighted by atomic mass is 9.97. The van der Waals surface area contributed by atoms with E-state index < -0.39 is 0 Å². The number of piperidine rings is 1. The molecule has 5 nitrogen and oxygen atoms in total. The third kappa shape index (κ3) is 4.20. The lowest BCUT2D eigenvalue weighted by Crippen LogP contribution is -2.46. The van der Waals surface area contributed by atoms with Crippen molar-refractivity contribution in [2.24, 2.45) is 10.9 Å². The van der Waals surface area contributed by atoms with E-state index in [9.17, 15) is 4.79 Å². The van der Waals surface area contributed by atoms with Gasteiger partial charge in [-0.15, -0.1) is 0 Å². The molecule has 0 aliphatic carbocycles. The van der Waals surface area contributed by atoms with E-state index in [1.807, 2.05) is 6.92 Å². The average molecular weight is 255 g/mol. The molecule has 5 heteroatoms. The van der Waals surface area contributed by atoms with Gasteiger partial charge in [-0.05, 0) is 26.2 Å². The minimum atomic E-state index is -0.0475. The quantitative estimate of drug-likeness (QED) is 0.466. The highest BCUT2D eigenvalue weighted by molar-refractivity contribution is 5.80. The van der Waals surface area contributed by atoms with Gasteiger partial charge in [0, 0.05) is 26.7 Å². The zero-order chi connectivity index (χ0) is 13.4. The number of aliphatic imine (C=N–C) groups is 1. The average Bonchev–Trinajstić information content (AvgIpc) is 2.40. The molecule has 0 unspecified atom stereocenters. The van der Waals surface area contributed by atoms with Crippen LogP contribution < -0.4 is 5.32 Å². The molecule has 0 bridgehead atoms. The lowest BCUT2D eigenvalue weighted by molar-refractivity contribution is -0.149. The smallest absolute Gasteiger partial charge is 0.309 e. The third-order valence-corrected chi connectivity index (χ3v) is 3.16. The summed E-state index contributed by atoms with van der Waals surface area (Å²) >= 11 is 0. The Kier molecular flexibility index (Phi) is 6.54. The van der Waals surface area contributed by atoms with Gasteiger partial charge in [-0.25, -0.2) is 0 Å². The van der Waals surface area contributed by atoms with E-state index in [1.54, 1.807) is 7.05 Å². The number of carbonyl (C=O) groups excluding carboxylic acids is 1. The topological polar surface area (TPSA) is 53.9 Å². The van der Waals surface area contributed by atoms with Gasteiger partial charge in [-0.2, -0.15) is 0 Å².